The SMILES string of the molecule is O=C(Nc1cc(C(F)(F)F)ccc1Cl)c1cc2c(ccc3ccccc32)oc1=O. The molecule has 0 bridgehead atoms. The number of alkyl halides is 3. The second kappa shape index (κ2) is 6.93. The van der Waals surface area contributed by atoms with Crippen LogP contribution in [0.1, 0.15) is 15.9 Å². The number of carbonyl (C=O) groups is 1. The summed E-state index contributed by atoms with van der Waals surface area (Å²) >= 11 is 5.91. The fourth-order valence-electron chi connectivity index (χ4n) is 3.02. The van der Waals surface area contributed by atoms with E-state index < -0.39 is 23.3 Å². The van der Waals surface area contributed by atoms with E-state index in [1.54, 1.807) is 18.2 Å². The number of halogens is 4. The Labute approximate surface area is 166 Å². The highest BCUT2D eigenvalue weighted by atomic mass is 35.5. The predicted octanol–water partition coefficient (Wildman–Crippen LogP) is 5.87. The van der Waals surface area contributed by atoms with Gasteiger partial charge in [0.1, 0.15) is 11.1 Å². The number of rotatable bonds is 2. The zero-order valence-corrected chi connectivity index (χ0v) is 15.3. The van der Waals surface area contributed by atoms with Crippen molar-refractivity contribution in [3.63, 3.8) is 0 Å². The van der Waals surface area contributed by atoms with Gasteiger partial charge in [0.05, 0.1) is 16.3 Å². The first kappa shape index (κ1) is 19.0. The lowest BCUT2D eigenvalue weighted by atomic mass is 10.0. The average Bonchev–Trinajstić information content (AvgIpc) is 2.68. The lowest BCUT2D eigenvalue weighted by molar-refractivity contribution is -0.137. The molecule has 0 saturated heterocycles. The van der Waals surface area contributed by atoms with Gasteiger partial charge in [-0.15, -0.1) is 0 Å². The fraction of sp³-hybridized carbons (Fsp3) is 0.0476. The summed E-state index contributed by atoms with van der Waals surface area (Å²) in [5.41, 5.74) is -2.20. The van der Waals surface area contributed by atoms with Crippen LogP contribution in [-0.2, 0) is 6.18 Å². The smallest absolute Gasteiger partial charge is 0.416 e. The van der Waals surface area contributed by atoms with Gasteiger partial charge in [-0.25, -0.2) is 4.79 Å². The first-order chi connectivity index (χ1) is 13.7. The molecule has 1 amide bonds. The molecular weight excluding hydrogens is 407 g/mol. The summed E-state index contributed by atoms with van der Waals surface area (Å²) in [6, 6.07) is 14.6. The van der Waals surface area contributed by atoms with Crippen LogP contribution in [0.4, 0.5) is 18.9 Å². The third-order valence-electron chi connectivity index (χ3n) is 4.43. The van der Waals surface area contributed by atoms with Crippen molar-refractivity contribution >= 4 is 44.9 Å². The van der Waals surface area contributed by atoms with E-state index in [2.05, 4.69) is 5.32 Å². The number of amides is 1. The number of fused-ring (bicyclic) bond motifs is 3. The van der Waals surface area contributed by atoms with Crippen LogP contribution in [0.15, 0.2) is 69.9 Å². The summed E-state index contributed by atoms with van der Waals surface area (Å²) in [6.45, 7) is 0. The Kier molecular flexibility index (Phi) is 4.55. The third-order valence-corrected chi connectivity index (χ3v) is 4.76. The van der Waals surface area contributed by atoms with E-state index in [0.717, 1.165) is 22.9 Å². The number of anilines is 1. The molecule has 0 saturated carbocycles. The zero-order chi connectivity index (χ0) is 20.8. The molecule has 0 aliphatic rings. The summed E-state index contributed by atoms with van der Waals surface area (Å²) in [7, 11) is 0. The van der Waals surface area contributed by atoms with Gasteiger partial charge in [0.25, 0.3) is 5.91 Å². The highest BCUT2D eigenvalue weighted by Crippen LogP contribution is 2.34. The molecular formula is C21H11ClF3NO3. The molecule has 8 heteroatoms. The van der Waals surface area contributed by atoms with Crippen LogP contribution in [0.25, 0.3) is 21.7 Å². The molecule has 1 heterocycles. The Morgan fingerprint density at radius 2 is 1.72 bits per heavy atom. The summed E-state index contributed by atoms with van der Waals surface area (Å²) in [5, 5.41) is 4.34. The standard InChI is InChI=1S/C21H11ClF3NO3/c22-16-7-6-12(21(23,24)25)9-17(16)26-19(27)15-10-14-13-4-2-1-3-11(13)5-8-18(14)29-20(15)28/h1-10H,(H,26,27). The summed E-state index contributed by atoms with van der Waals surface area (Å²) in [6.07, 6.45) is -4.61. The highest BCUT2D eigenvalue weighted by molar-refractivity contribution is 6.34. The summed E-state index contributed by atoms with van der Waals surface area (Å²) < 4.78 is 44.0. The monoisotopic (exact) mass is 417 g/mol. The molecule has 0 fully saturated rings. The minimum absolute atomic E-state index is 0.0954. The number of nitrogens with one attached hydrogen (secondary N) is 1. The maximum Gasteiger partial charge on any atom is 0.416 e. The number of hydrogen-bond donors (Lipinski definition) is 1. The first-order valence-electron chi connectivity index (χ1n) is 8.38. The molecule has 146 valence electrons. The molecule has 3 aromatic carbocycles. The van der Waals surface area contributed by atoms with Crippen molar-refractivity contribution in [2.75, 3.05) is 5.32 Å². The summed E-state index contributed by atoms with van der Waals surface area (Å²) in [5.74, 6) is -0.921. The van der Waals surface area contributed by atoms with Gasteiger partial charge in [-0.1, -0.05) is 41.9 Å². The van der Waals surface area contributed by atoms with Crippen LogP contribution in [0.3, 0.4) is 0 Å². The Morgan fingerprint density at radius 3 is 2.48 bits per heavy atom. The van der Waals surface area contributed by atoms with Gasteiger partial charge < -0.3 is 9.73 Å². The molecule has 0 aliphatic heterocycles. The molecule has 0 radical (unpaired) electrons. The molecule has 0 spiro atoms. The van der Waals surface area contributed by atoms with Crippen LogP contribution in [-0.4, -0.2) is 5.91 Å². The molecule has 4 nitrogen and oxygen atoms in total. The molecule has 1 aromatic heterocycles. The second-order valence-electron chi connectivity index (χ2n) is 6.29. The molecule has 29 heavy (non-hydrogen) atoms. The Morgan fingerprint density at radius 1 is 0.966 bits per heavy atom. The fourth-order valence-corrected chi connectivity index (χ4v) is 3.18. The van der Waals surface area contributed by atoms with Crippen molar-refractivity contribution in [2.24, 2.45) is 0 Å². The minimum atomic E-state index is -4.61. The second-order valence-corrected chi connectivity index (χ2v) is 6.70. The number of carbonyl (C=O) groups excluding carboxylic acids is 1. The Balaban J connectivity index is 1.79. The molecule has 4 aromatic rings. The van der Waals surface area contributed by atoms with Gasteiger partial charge >= 0.3 is 11.8 Å². The molecule has 4 rings (SSSR count). The maximum absolute atomic E-state index is 12.9. The van der Waals surface area contributed by atoms with Crippen LogP contribution >= 0.6 is 11.6 Å². The minimum Gasteiger partial charge on any atom is -0.422 e. The van der Waals surface area contributed by atoms with Crippen LogP contribution in [0.5, 0.6) is 0 Å². The van der Waals surface area contributed by atoms with Crippen molar-refractivity contribution in [3.05, 3.63) is 87.2 Å². The van der Waals surface area contributed by atoms with E-state index in [-0.39, 0.29) is 16.3 Å². The highest BCUT2D eigenvalue weighted by Gasteiger charge is 2.31. The van der Waals surface area contributed by atoms with Gasteiger partial charge in [-0.05, 0) is 41.1 Å². The quantitative estimate of drug-likeness (QED) is 0.328. The Bertz CT molecular complexity index is 1330. The molecule has 0 aliphatic carbocycles. The van der Waals surface area contributed by atoms with Crippen molar-refractivity contribution in [1.82, 2.24) is 0 Å². The van der Waals surface area contributed by atoms with Gasteiger partial charge in [-0.3, -0.25) is 4.79 Å². The lowest BCUT2D eigenvalue weighted by Crippen LogP contribution is -2.21. The summed E-state index contributed by atoms with van der Waals surface area (Å²) in [4.78, 5) is 24.9. The first-order valence-corrected chi connectivity index (χ1v) is 8.75. The van der Waals surface area contributed by atoms with Crippen molar-refractivity contribution < 1.29 is 22.4 Å². The van der Waals surface area contributed by atoms with Gasteiger partial charge in [0, 0.05) is 5.39 Å². The van der Waals surface area contributed by atoms with Crippen LogP contribution < -0.4 is 10.9 Å². The van der Waals surface area contributed by atoms with E-state index in [1.165, 1.54) is 6.07 Å². The van der Waals surface area contributed by atoms with Crippen LogP contribution in [0.2, 0.25) is 5.02 Å². The molecule has 0 unspecified atom stereocenters. The zero-order valence-electron chi connectivity index (χ0n) is 14.5. The van der Waals surface area contributed by atoms with E-state index in [0.29, 0.717) is 17.0 Å². The van der Waals surface area contributed by atoms with Gasteiger partial charge in [-0.2, -0.15) is 13.2 Å². The van der Waals surface area contributed by atoms with Crippen molar-refractivity contribution in [3.8, 4) is 0 Å². The number of benzene rings is 3. The Hall–Kier alpha value is -3.32. The molecule has 1 N–H and O–H groups in total. The van der Waals surface area contributed by atoms with Crippen molar-refractivity contribution in [1.29, 1.82) is 0 Å². The van der Waals surface area contributed by atoms with E-state index in [4.69, 9.17) is 16.0 Å². The predicted molar refractivity (Wildman–Crippen MR) is 104 cm³/mol. The third kappa shape index (κ3) is 3.56. The topological polar surface area (TPSA) is 59.3 Å². The largest absolute Gasteiger partial charge is 0.422 e. The maximum atomic E-state index is 12.9. The van der Waals surface area contributed by atoms with Gasteiger partial charge in [0.2, 0.25) is 0 Å². The van der Waals surface area contributed by atoms with E-state index >= 15 is 0 Å². The van der Waals surface area contributed by atoms with Crippen molar-refractivity contribution in [2.45, 2.75) is 6.18 Å². The molecule has 0 atom stereocenters. The van der Waals surface area contributed by atoms with E-state index in [9.17, 15) is 22.8 Å². The average molecular weight is 418 g/mol. The number of hydrogen-bond acceptors (Lipinski definition) is 3. The lowest BCUT2D eigenvalue weighted by Gasteiger charge is -2.11. The normalized spacial score (nSPS) is 11.7. The van der Waals surface area contributed by atoms with E-state index in [1.807, 2.05) is 18.2 Å². The van der Waals surface area contributed by atoms with Gasteiger partial charge in [0.15, 0.2) is 0 Å². The van der Waals surface area contributed by atoms with Crippen LogP contribution in [0, 0.1) is 0 Å².